The number of carbonyl (C=O) groups is 4. The molecule has 3 rings (SSSR count). The molecule has 5 N–H and O–H groups in total. The van der Waals surface area contributed by atoms with E-state index in [1.165, 1.54) is 6.07 Å². The molecular weight excluding hydrogens is 486 g/mol. The van der Waals surface area contributed by atoms with Gasteiger partial charge < -0.3 is 35.6 Å². The predicted molar refractivity (Wildman–Crippen MR) is 110 cm³/mol. The number of aliphatic carboxylic acids is 1. The molecule has 2 heterocycles. The monoisotopic (exact) mass is 505 g/mol. The number of amides is 3. The van der Waals surface area contributed by atoms with Gasteiger partial charge in [0.05, 0.1) is 17.0 Å². The van der Waals surface area contributed by atoms with E-state index in [1.807, 2.05) is 0 Å². The molecule has 3 amide bonds. The van der Waals surface area contributed by atoms with Gasteiger partial charge in [-0.05, 0) is 19.1 Å². The number of sulfone groups is 1. The number of carbonyl (C=O) groups excluding carboxylic acids is 3. The number of hydrogen-bond donors (Lipinski definition) is 5. The van der Waals surface area contributed by atoms with Crippen molar-refractivity contribution < 1.29 is 47.7 Å². The van der Waals surface area contributed by atoms with Gasteiger partial charge in [0.15, 0.2) is 27.4 Å². The number of benzene rings is 1. The number of halogens is 1. The van der Waals surface area contributed by atoms with Gasteiger partial charge >= 0.3 is 12.1 Å². The molecule has 0 saturated carbocycles. The summed E-state index contributed by atoms with van der Waals surface area (Å²) in [5.41, 5.74) is -0.118. The maximum absolute atomic E-state index is 12.7. The highest BCUT2D eigenvalue weighted by Gasteiger charge is 2.70. The van der Waals surface area contributed by atoms with E-state index in [2.05, 4.69) is 10.6 Å². The molecule has 1 aromatic rings. The molecule has 180 valence electrons. The minimum atomic E-state index is -4.12. The summed E-state index contributed by atoms with van der Waals surface area (Å²) in [7, 11) is -4.12. The number of nitrogens with zero attached hydrogens (tertiary/aromatic N) is 1. The highest BCUT2D eigenvalue weighted by atomic mass is 35.5. The molecule has 33 heavy (non-hydrogen) atoms. The lowest BCUT2D eigenvalue weighted by molar-refractivity contribution is -0.158. The smallest absolute Gasteiger partial charge is 0.407 e. The third-order valence-corrected chi connectivity index (χ3v) is 8.69. The summed E-state index contributed by atoms with van der Waals surface area (Å²) in [5, 5.41) is 31.4. The lowest BCUT2D eigenvalue weighted by Gasteiger charge is -2.35. The molecule has 0 spiro atoms. The number of fused-ring (bicyclic) bond motifs is 1. The summed E-state index contributed by atoms with van der Waals surface area (Å²) < 4.78 is 28.4. The van der Waals surface area contributed by atoms with E-state index in [-0.39, 0.29) is 30.1 Å². The Balaban J connectivity index is 1.52. The van der Waals surface area contributed by atoms with Crippen LogP contribution in [0, 0.1) is 0 Å². The summed E-state index contributed by atoms with van der Waals surface area (Å²) in [6, 6.07) is 0.570. The molecule has 2 aliphatic rings. The number of carboxylic acids is 1. The van der Waals surface area contributed by atoms with Gasteiger partial charge in [0.25, 0.3) is 5.91 Å². The number of rotatable bonds is 7. The van der Waals surface area contributed by atoms with Crippen LogP contribution >= 0.6 is 11.6 Å². The number of carboxylic acid groups (broad SMARTS) is 1. The number of phenols is 2. The Morgan fingerprint density at radius 3 is 2.48 bits per heavy atom. The van der Waals surface area contributed by atoms with Crippen molar-refractivity contribution in [3.63, 3.8) is 0 Å². The summed E-state index contributed by atoms with van der Waals surface area (Å²) in [5.74, 6) is -4.00. The van der Waals surface area contributed by atoms with Crippen LogP contribution in [0.5, 0.6) is 11.5 Å². The van der Waals surface area contributed by atoms with E-state index in [0.29, 0.717) is 0 Å². The first-order chi connectivity index (χ1) is 15.3. The second-order valence-corrected chi connectivity index (χ2v) is 10.6. The normalized spacial score (nSPS) is 25.0. The van der Waals surface area contributed by atoms with Crippen LogP contribution in [0.15, 0.2) is 12.1 Å². The SMILES string of the molecule is C[C@]1(COC(=O)NCCNC(=O)c2ccc(O)c(O)c2Cl)[C@H](C(=O)O)N2C(=O)C[C@H]2S1(=O)=O. The van der Waals surface area contributed by atoms with Gasteiger partial charge in [0.1, 0.15) is 16.7 Å². The van der Waals surface area contributed by atoms with Crippen LogP contribution < -0.4 is 10.6 Å². The zero-order valence-corrected chi connectivity index (χ0v) is 18.6. The number of hydrogen-bond acceptors (Lipinski definition) is 9. The lowest BCUT2D eigenvalue weighted by atomic mass is 9.97. The number of alkyl carbamates (subject to hydrolysis) is 1. The first kappa shape index (κ1) is 24.4. The van der Waals surface area contributed by atoms with Gasteiger partial charge in [-0.15, -0.1) is 0 Å². The van der Waals surface area contributed by atoms with Gasteiger partial charge in [0, 0.05) is 13.1 Å². The van der Waals surface area contributed by atoms with Crippen LogP contribution in [0.1, 0.15) is 23.7 Å². The van der Waals surface area contributed by atoms with Crippen molar-refractivity contribution in [2.75, 3.05) is 19.7 Å². The third-order valence-electron chi connectivity index (χ3n) is 5.56. The molecule has 2 aliphatic heterocycles. The topological polar surface area (TPSA) is 200 Å². The number of β-lactam (4-membered cyclic amide) rings is 1. The summed E-state index contributed by atoms with van der Waals surface area (Å²) in [6.07, 6.45) is -1.39. The van der Waals surface area contributed by atoms with E-state index in [0.717, 1.165) is 17.9 Å². The molecule has 0 radical (unpaired) electrons. The van der Waals surface area contributed by atoms with E-state index in [1.54, 1.807) is 0 Å². The fourth-order valence-electron chi connectivity index (χ4n) is 3.70. The van der Waals surface area contributed by atoms with Gasteiger partial charge in [-0.2, -0.15) is 0 Å². The fourth-order valence-corrected chi connectivity index (χ4v) is 6.21. The van der Waals surface area contributed by atoms with Gasteiger partial charge in [-0.1, -0.05) is 11.6 Å². The number of phenolic OH excluding ortho intramolecular Hbond substituents is 2. The van der Waals surface area contributed by atoms with Gasteiger partial charge in [0.2, 0.25) is 5.91 Å². The second-order valence-electron chi connectivity index (χ2n) is 7.61. The van der Waals surface area contributed by atoms with E-state index < -0.39 is 68.0 Å². The van der Waals surface area contributed by atoms with E-state index >= 15 is 0 Å². The Bertz CT molecular complexity index is 1140. The highest BCUT2D eigenvalue weighted by molar-refractivity contribution is 7.94. The first-order valence-corrected chi connectivity index (χ1v) is 11.4. The molecular formula is C18H20ClN3O10S. The molecule has 0 unspecified atom stereocenters. The Kier molecular flexibility index (Phi) is 6.35. The first-order valence-electron chi connectivity index (χ1n) is 9.49. The van der Waals surface area contributed by atoms with Crippen LogP contribution in [0.3, 0.4) is 0 Å². The average Bonchev–Trinajstić information content (AvgIpc) is 2.88. The summed E-state index contributed by atoms with van der Waals surface area (Å²) >= 11 is 5.79. The van der Waals surface area contributed by atoms with Crippen molar-refractivity contribution >= 4 is 45.3 Å². The maximum Gasteiger partial charge on any atom is 0.407 e. The maximum atomic E-state index is 12.7. The molecule has 13 nitrogen and oxygen atoms in total. The number of aromatic hydroxyl groups is 2. The van der Waals surface area contributed by atoms with E-state index in [9.17, 15) is 42.9 Å². The average molecular weight is 506 g/mol. The number of nitrogens with one attached hydrogen (secondary N) is 2. The molecule has 2 saturated heterocycles. The van der Waals surface area contributed by atoms with Crippen LogP contribution in [0.4, 0.5) is 4.79 Å². The molecule has 1 aromatic carbocycles. The number of ether oxygens (including phenoxy) is 1. The largest absolute Gasteiger partial charge is 0.504 e. The molecule has 15 heteroatoms. The van der Waals surface area contributed by atoms with Crippen LogP contribution in [0.25, 0.3) is 0 Å². The minimum absolute atomic E-state index is 0.108. The lowest BCUT2D eigenvalue weighted by Crippen LogP contribution is -2.58. The van der Waals surface area contributed by atoms with Crippen molar-refractivity contribution in [1.29, 1.82) is 0 Å². The Morgan fingerprint density at radius 2 is 1.88 bits per heavy atom. The van der Waals surface area contributed by atoms with E-state index in [4.69, 9.17) is 16.3 Å². The quantitative estimate of drug-likeness (QED) is 0.181. The molecule has 3 atom stereocenters. The minimum Gasteiger partial charge on any atom is -0.504 e. The van der Waals surface area contributed by atoms with Crippen molar-refractivity contribution in [1.82, 2.24) is 15.5 Å². The zero-order chi connectivity index (χ0) is 24.7. The summed E-state index contributed by atoms with van der Waals surface area (Å²) in [6.45, 7) is 0.0547. The van der Waals surface area contributed by atoms with Crippen LogP contribution in [-0.4, -0.2) is 88.4 Å². The highest BCUT2D eigenvalue weighted by Crippen LogP contribution is 2.46. The molecule has 2 fully saturated rings. The van der Waals surface area contributed by atoms with Crippen molar-refractivity contribution in [2.45, 2.75) is 29.5 Å². The van der Waals surface area contributed by atoms with Crippen molar-refractivity contribution in [3.8, 4) is 11.5 Å². The van der Waals surface area contributed by atoms with Crippen molar-refractivity contribution in [2.24, 2.45) is 0 Å². The van der Waals surface area contributed by atoms with Crippen LogP contribution in [0.2, 0.25) is 5.02 Å². The van der Waals surface area contributed by atoms with Gasteiger partial charge in [-0.25, -0.2) is 18.0 Å². The Labute approximate surface area is 192 Å². The summed E-state index contributed by atoms with van der Waals surface area (Å²) in [4.78, 5) is 48.2. The molecule has 0 aliphatic carbocycles. The van der Waals surface area contributed by atoms with Crippen molar-refractivity contribution in [3.05, 3.63) is 22.7 Å². The Morgan fingerprint density at radius 1 is 1.24 bits per heavy atom. The molecule has 0 aromatic heterocycles. The third kappa shape index (κ3) is 3.99. The molecule has 0 bridgehead atoms. The standard InChI is InChI=1S/C18H20ClN3O10S/c1-18(14(16(27)28)22-10(24)6-11(22)33(18,30)31)7-32-17(29)21-5-4-20-15(26)8-2-3-9(23)13(25)12(8)19/h2-3,11,14,23,25H,4-7H2,1H3,(H,20,26)(H,21,29)(H,27,28)/t11-,14+,18+/m1/s1. The predicted octanol–water partition coefficient (Wildman–Crippen LogP) is -0.594. The van der Waals surface area contributed by atoms with Crippen LogP contribution in [-0.2, 0) is 24.2 Å². The Hall–Kier alpha value is -3.26. The zero-order valence-electron chi connectivity index (χ0n) is 17.1. The second kappa shape index (κ2) is 8.59. The van der Waals surface area contributed by atoms with Gasteiger partial charge in [-0.3, -0.25) is 9.59 Å². The fraction of sp³-hybridized carbons (Fsp3) is 0.444.